The molecular formula is C8H9N3O. The number of aromatic amines is 1. The molecule has 1 aliphatic rings. The summed E-state index contributed by atoms with van der Waals surface area (Å²) in [4.78, 5) is 17.8. The topological polar surface area (TPSA) is 57.2 Å². The number of hydrogen-bond acceptors (Lipinski definition) is 3. The number of hydrogen-bond donors (Lipinski definition) is 2. The molecule has 12 heavy (non-hydrogen) atoms. The van der Waals surface area contributed by atoms with Gasteiger partial charge in [0.25, 0.3) is 0 Å². The van der Waals surface area contributed by atoms with Crippen LogP contribution in [-0.2, 0) is 6.54 Å². The number of nitrogens with one attached hydrogen (secondary N) is 2. The first kappa shape index (κ1) is 7.09. The van der Waals surface area contributed by atoms with Gasteiger partial charge < -0.3 is 10.3 Å². The number of fused-ring (bicyclic) bond motifs is 1. The molecule has 2 heterocycles. The molecule has 1 aromatic heterocycles. The van der Waals surface area contributed by atoms with E-state index < -0.39 is 0 Å². The Morgan fingerprint density at radius 2 is 2.42 bits per heavy atom. The summed E-state index contributed by atoms with van der Waals surface area (Å²) in [7, 11) is 1.82. The van der Waals surface area contributed by atoms with E-state index in [9.17, 15) is 4.79 Å². The summed E-state index contributed by atoms with van der Waals surface area (Å²) >= 11 is 0. The summed E-state index contributed by atoms with van der Waals surface area (Å²) in [5.74, 6) is 0.848. The fourth-order valence-electron chi connectivity index (χ4n) is 1.32. The van der Waals surface area contributed by atoms with Crippen LogP contribution in [0.2, 0.25) is 0 Å². The minimum absolute atomic E-state index is 0.0682. The van der Waals surface area contributed by atoms with Gasteiger partial charge in [-0.15, -0.1) is 0 Å². The molecule has 62 valence electrons. The van der Waals surface area contributed by atoms with Crippen molar-refractivity contribution in [2.75, 3.05) is 7.05 Å². The Morgan fingerprint density at radius 3 is 3.17 bits per heavy atom. The van der Waals surface area contributed by atoms with Crippen LogP contribution in [0.25, 0.3) is 0 Å². The molecule has 2 N–H and O–H groups in total. The molecule has 0 amide bonds. The average Bonchev–Trinajstić information content (AvgIpc) is 2.46. The summed E-state index contributed by atoms with van der Waals surface area (Å²) in [6.45, 7) is 0.571. The predicted octanol–water partition coefficient (Wildman–Crippen LogP) is -0.146. The van der Waals surface area contributed by atoms with Crippen molar-refractivity contribution in [3.63, 3.8) is 0 Å². The molecule has 2 rings (SSSR count). The standard InChI is InChI=1S/C8H9N3O/c1-9-8-5-2-3-7(12)11-6(5)4-10-8/h2-3H,4H2,1H3,(H,9,10)(H,11,12). The maximum absolute atomic E-state index is 10.9. The highest BCUT2D eigenvalue weighted by Gasteiger charge is 2.14. The van der Waals surface area contributed by atoms with Gasteiger partial charge in [0.2, 0.25) is 5.56 Å². The molecule has 0 aliphatic carbocycles. The van der Waals surface area contributed by atoms with Crippen molar-refractivity contribution in [2.45, 2.75) is 6.54 Å². The quantitative estimate of drug-likeness (QED) is 0.559. The SMILES string of the molecule is CNC1=NCc2[nH]c(=O)ccc21. The number of H-pyrrole nitrogens is 1. The lowest BCUT2D eigenvalue weighted by Gasteiger charge is -1.99. The fourth-order valence-corrected chi connectivity index (χ4v) is 1.32. The Balaban J connectivity index is 2.54. The van der Waals surface area contributed by atoms with Gasteiger partial charge in [-0.25, -0.2) is 0 Å². The minimum atomic E-state index is -0.0682. The lowest BCUT2D eigenvalue weighted by Crippen LogP contribution is -2.19. The molecule has 0 spiro atoms. The van der Waals surface area contributed by atoms with Crippen LogP contribution in [0.15, 0.2) is 21.9 Å². The number of amidine groups is 1. The maximum Gasteiger partial charge on any atom is 0.248 e. The Labute approximate surface area is 69.3 Å². The minimum Gasteiger partial charge on any atom is -0.373 e. The lowest BCUT2D eigenvalue weighted by molar-refractivity contribution is 0.999. The van der Waals surface area contributed by atoms with E-state index in [1.54, 1.807) is 6.07 Å². The molecule has 1 aromatic rings. The molecule has 0 unspecified atom stereocenters. The van der Waals surface area contributed by atoms with Crippen molar-refractivity contribution in [3.8, 4) is 0 Å². The van der Waals surface area contributed by atoms with Crippen LogP contribution in [0.5, 0.6) is 0 Å². The van der Waals surface area contributed by atoms with Crippen molar-refractivity contribution >= 4 is 5.84 Å². The van der Waals surface area contributed by atoms with E-state index in [4.69, 9.17) is 0 Å². The van der Waals surface area contributed by atoms with Crippen LogP contribution in [0.1, 0.15) is 11.3 Å². The second kappa shape index (κ2) is 2.48. The van der Waals surface area contributed by atoms with E-state index in [0.717, 1.165) is 17.1 Å². The van der Waals surface area contributed by atoms with Crippen LogP contribution in [0, 0.1) is 0 Å². The van der Waals surface area contributed by atoms with Crippen LogP contribution in [0.4, 0.5) is 0 Å². The summed E-state index contributed by atoms with van der Waals surface area (Å²) in [6.07, 6.45) is 0. The monoisotopic (exact) mass is 163 g/mol. The van der Waals surface area contributed by atoms with Crippen molar-refractivity contribution in [2.24, 2.45) is 4.99 Å². The van der Waals surface area contributed by atoms with Crippen LogP contribution < -0.4 is 10.9 Å². The summed E-state index contributed by atoms with van der Waals surface area (Å²) in [6, 6.07) is 3.30. The van der Waals surface area contributed by atoms with Crippen LogP contribution >= 0.6 is 0 Å². The third kappa shape index (κ3) is 0.922. The molecule has 0 saturated carbocycles. The molecule has 0 saturated heterocycles. The third-order valence-corrected chi connectivity index (χ3v) is 1.89. The molecule has 0 aromatic carbocycles. The third-order valence-electron chi connectivity index (χ3n) is 1.89. The second-order valence-corrected chi connectivity index (χ2v) is 2.63. The summed E-state index contributed by atoms with van der Waals surface area (Å²) in [5.41, 5.74) is 1.82. The largest absolute Gasteiger partial charge is 0.373 e. The van der Waals surface area contributed by atoms with E-state index in [0.29, 0.717) is 6.54 Å². The highest BCUT2D eigenvalue weighted by Crippen LogP contribution is 2.12. The zero-order valence-corrected chi connectivity index (χ0v) is 6.72. The average molecular weight is 163 g/mol. The van der Waals surface area contributed by atoms with Crippen molar-refractivity contribution < 1.29 is 0 Å². The number of pyridine rings is 1. The van der Waals surface area contributed by atoms with Gasteiger partial charge in [0.15, 0.2) is 0 Å². The smallest absolute Gasteiger partial charge is 0.248 e. The molecule has 4 nitrogen and oxygen atoms in total. The Morgan fingerprint density at radius 1 is 1.58 bits per heavy atom. The zero-order chi connectivity index (χ0) is 8.55. The highest BCUT2D eigenvalue weighted by atomic mass is 16.1. The van der Waals surface area contributed by atoms with Crippen molar-refractivity contribution in [1.82, 2.24) is 10.3 Å². The highest BCUT2D eigenvalue weighted by molar-refractivity contribution is 6.01. The first-order valence-corrected chi connectivity index (χ1v) is 3.76. The van der Waals surface area contributed by atoms with Gasteiger partial charge in [0.1, 0.15) is 5.84 Å². The van der Waals surface area contributed by atoms with Crippen molar-refractivity contribution in [1.29, 1.82) is 0 Å². The summed E-state index contributed by atoms with van der Waals surface area (Å²) in [5, 5.41) is 2.97. The van der Waals surface area contributed by atoms with Gasteiger partial charge in [-0.05, 0) is 6.07 Å². The molecule has 0 bridgehead atoms. The molecule has 0 fully saturated rings. The number of nitrogens with zero attached hydrogens (tertiary/aromatic N) is 1. The molecule has 4 heteroatoms. The van der Waals surface area contributed by atoms with Crippen LogP contribution in [0.3, 0.4) is 0 Å². The lowest BCUT2D eigenvalue weighted by atomic mass is 10.2. The van der Waals surface area contributed by atoms with E-state index in [-0.39, 0.29) is 5.56 Å². The van der Waals surface area contributed by atoms with Gasteiger partial charge in [0.05, 0.1) is 12.2 Å². The van der Waals surface area contributed by atoms with E-state index >= 15 is 0 Å². The van der Waals surface area contributed by atoms with Crippen LogP contribution in [-0.4, -0.2) is 17.9 Å². The number of rotatable bonds is 0. The van der Waals surface area contributed by atoms with Gasteiger partial charge in [-0.2, -0.15) is 0 Å². The van der Waals surface area contributed by atoms with E-state index in [1.807, 2.05) is 7.05 Å². The zero-order valence-electron chi connectivity index (χ0n) is 6.72. The number of aliphatic imine (C=N–C) groups is 1. The van der Waals surface area contributed by atoms with Crippen molar-refractivity contribution in [3.05, 3.63) is 33.7 Å². The normalized spacial score (nSPS) is 13.9. The maximum atomic E-state index is 10.9. The first-order chi connectivity index (χ1) is 5.81. The predicted molar refractivity (Wildman–Crippen MR) is 46.4 cm³/mol. The van der Waals surface area contributed by atoms with Gasteiger partial charge in [-0.3, -0.25) is 9.79 Å². The molecule has 0 radical (unpaired) electrons. The second-order valence-electron chi connectivity index (χ2n) is 2.63. The van der Waals surface area contributed by atoms with Gasteiger partial charge >= 0.3 is 0 Å². The fraction of sp³-hybridized carbons (Fsp3) is 0.250. The van der Waals surface area contributed by atoms with E-state index in [2.05, 4.69) is 15.3 Å². The number of aromatic nitrogens is 1. The van der Waals surface area contributed by atoms with Gasteiger partial charge in [0, 0.05) is 18.7 Å². The van der Waals surface area contributed by atoms with E-state index in [1.165, 1.54) is 6.07 Å². The molecule has 0 atom stereocenters. The summed E-state index contributed by atoms with van der Waals surface area (Å²) < 4.78 is 0. The Bertz CT molecular complexity index is 392. The molecular weight excluding hydrogens is 154 g/mol. The Kier molecular flexibility index (Phi) is 1.46. The Hall–Kier alpha value is -1.58. The van der Waals surface area contributed by atoms with Gasteiger partial charge in [-0.1, -0.05) is 0 Å². The first-order valence-electron chi connectivity index (χ1n) is 3.76. The molecule has 1 aliphatic heterocycles.